The van der Waals surface area contributed by atoms with Crippen LogP contribution in [0.5, 0.6) is 0 Å². The first kappa shape index (κ1) is 12.1. The monoisotopic (exact) mass is 249 g/mol. The topological polar surface area (TPSA) is 58.9 Å². The Hall–Kier alpha value is -1.33. The Kier molecular flexibility index (Phi) is 3.81. The molecule has 1 atom stereocenters. The van der Waals surface area contributed by atoms with Crippen molar-refractivity contribution in [2.75, 3.05) is 6.61 Å². The predicted octanol–water partition coefficient (Wildman–Crippen LogP) is 2.33. The molecule has 2 rings (SSSR count). The molecule has 0 aromatic carbocycles. The third-order valence-corrected chi connectivity index (χ3v) is 3.72. The van der Waals surface area contributed by atoms with Gasteiger partial charge in [0.25, 0.3) is 0 Å². The van der Waals surface area contributed by atoms with Crippen LogP contribution in [0.25, 0.3) is 10.7 Å². The fraction of sp³-hybridized carbons (Fsp3) is 0.417. The first-order chi connectivity index (χ1) is 8.22. The van der Waals surface area contributed by atoms with Gasteiger partial charge in [0.15, 0.2) is 5.01 Å². The summed E-state index contributed by atoms with van der Waals surface area (Å²) in [5.74, 6) is 0.412. The lowest BCUT2D eigenvalue weighted by molar-refractivity contribution is 0.236. The Morgan fingerprint density at radius 3 is 2.71 bits per heavy atom. The second kappa shape index (κ2) is 5.33. The molecule has 1 N–H and O–H groups in total. The van der Waals surface area contributed by atoms with Crippen molar-refractivity contribution in [1.82, 2.24) is 15.2 Å². The zero-order valence-corrected chi connectivity index (χ0v) is 10.7. The van der Waals surface area contributed by atoms with Crippen molar-refractivity contribution in [3.05, 3.63) is 29.4 Å². The molecule has 0 aliphatic carbocycles. The lowest BCUT2D eigenvalue weighted by Crippen LogP contribution is -2.10. The summed E-state index contributed by atoms with van der Waals surface area (Å²) in [6.45, 7) is 4.25. The summed E-state index contributed by atoms with van der Waals surface area (Å²) >= 11 is 1.50. The number of aromatic nitrogens is 3. The Balaban J connectivity index is 2.27. The van der Waals surface area contributed by atoms with Crippen molar-refractivity contribution < 1.29 is 5.11 Å². The van der Waals surface area contributed by atoms with Crippen LogP contribution in [0.3, 0.4) is 0 Å². The molecule has 0 saturated carbocycles. The fourth-order valence-corrected chi connectivity index (χ4v) is 2.64. The summed E-state index contributed by atoms with van der Waals surface area (Å²) < 4.78 is 0. The summed E-state index contributed by atoms with van der Waals surface area (Å²) in [6, 6.07) is 5.71. The van der Waals surface area contributed by atoms with Crippen LogP contribution in [0, 0.1) is 5.92 Å². The van der Waals surface area contributed by atoms with E-state index in [4.69, 9.17) is 0 Å². The molecule has 0 saturated heterocycles. The Bertz CT molecular complexity index is 470. The molecule has 2 heterocycles. The van der Waals surface area contributed by atoms with Crippen molar-refractivity contribution in [1.29, 1.82) is 0 Å². The molecular weight excluding hydrogens is 234 g/mol. The molecule has 5 heteroatoms. The van der Waals surface area contributed by atoms with Gasteiger partial charge in [0.1, 0.15) is 10.7 Å². The smallest absolute Gasteiger partial charge is 0.166 e. The second-order valence-electron chi connectivity index (χ2n) is 4.19. The lowest BCUT2D eigenvalue weighted by atomic mass is 9.98. The van der Waals surface area contributed by atoms with Gasteiger partial charge in [-0.3, -0.25) is 4.98 Å². The van der Waals surface area contributed by atoms with E-state index in [-0.39, 0.29) is 12.5 Å². The third-order valence-electron chi connectivity index (χ3n) is 2.64. The van der Waals surface area contributed by atoms with Gasteiger partial charge in [-0.25, -0.2) is 0 Å². The van der Waals surface area contributed by atoms with Crippen LogP contribution in [0.2, 0.25) is 0 Å². The van der Waals surface area contributed by atoms with Gasteiger partial charge < -0.3 is 5.11 Å². The van der Waals surface area contributed by atoms with Crippen LogP contribution in [-0.2, 0) is 0 Å². The minimum atomic E-state index is 0.0602. The minimum Gasteiger partial charge on any atom is -0.396 e. The van der Waals surface area contributed by atoms with Gasteiger partial charge in [-0.2, -0.15) is 0 Å². The summed E-state index contributed by atoms with van der Waals surface area (Å²) in [4.78, 5) is 4.24. The number of hydrogen-bond acceptors (Lipinski definition) is 5. The molecule has 1 unspecified atom stereocenters. The molecule has 0 aliphatic rings. The maximum Gasteiger partial charge on any atom is 0.166 e. The summed E-state index contributed by atoms with van der Waals surface area (Å²) in [5, 5.41) is 19.3. The van der Waals surface area contributed by atoms with Gasteiger partial charge >= 0.3 is 0 Å². The Labute approximate surface area is 104 Å². The highest BCUT2D eigenvalue weighted by molar-refractivity contribution is 7.14. The van der Waals surface area contributed by atoms with Crippen LogP contribution in [0.1, 0.15) is 24.8 Å². The van der Waals surface area contributed by atoms with E-state index in [0.29, 0.717) is 5.92 Å². The van der Waals surface area contributed by atoms with Gasteiger partial charge in [0.2, 0.25) is 0 Å². The van der Waals surface area contributed by atoms with Gasteiger partial charge in [0.05, 0.1) is 6.61 Å². The van der Waals surface area contributed by atoms with Crippen LogP contribution in [0.15, 0.2) is 24.4 Å². The van der Waals surface area contributed by atoms with Crippen LogP contribution in [0.4, 0.5) is 0 Å². The van der Waals surface area contributed by atoms with Crippen LogP contribution < -0.4 is 0 Å². The number of nitrogens with zero attached hydrogens (tertiary/aromatic N) is 3. The van der Waals surface area contributed by atoms with Gasteiger partial charge in [-0.15, -0.1) is 10.2 Å². The zero-order chi connectivity index (χ0) is 12.3. The first-order valence-electron chi connectivity index (χ1n) is 5.58. The number of pyridine rings is 1. The number of aliphatic hydroxyl groups is 1. The summed E-state index contributed by atoms with van der Waals surface area (Å²) in [5.41, 5.74) is 0.830. The quantitative estimate of drug-likeness (QED) is 0.903. The van der Waals surface area contributed by atoms with E-state index in [9.17, 15) is 5.11 Å². The Morgan fingerprint density at radius 1 is 1.29 bits per heavy atom. The molecule has 0 aliphatic heterocycles. The van der Waals surface area contributed by atoms with Crippen molar-refractivity contribution in [2.24, 2.45) is 5.92 Å². The van der Waals surface area contributed by atoms with Crippen molar-refractivity contribution in [3.63, 3.8) is 0 Å². The maximum atomic E-state index is 9.35. The molecule has 2 aromatic heterocycles. The number of rotatable bonds is 4. The molecule has 4 nitrogen and oxygen atoms in total. The molecule has 0 bridgehead atoms. The van der Waals surface area contributed by atoms with Gasteiger partial charge in [-0.05, 0) is 18.1 Å². The molecular formula is C12H15N3OS. The van der Waals surface area contributed by atoms with E-state index in [2.05, 4.69) is 29.0 Å². The largest absolute Gasteiger partial charge is 0.396 e. The molecule has 0 spiro atoms. The van der Waals surface area contributed by atoms with Crippen LogP contribution in [-0.4, -0.2) is 26.9 Å². The highest BCUT2D eigenvalue weighted by Crippen LogP contribution is 2.30. The Morgan fingerprint density at radius 2 is 2.12 bits per heavy atom. The molecule has 90 valence electrons. The fourth-order valence-electron chi connectivity index (χ4n) is 1.55. The molecule has 2 aromatic rings. The lowest BCUT2D eigenvalue weighted by Gasteiger charge is -2.13. The molecule has 0 amide bonds. The standard InChI is InChI=1S/C12H15N3OS/c1-8(2)9(7-16)11-14-15-12(17-11)10-5-3-4-6-13-10/h3-6,8-9,16H,7H2,1-2H3. The average Bonchev–Trinajstić information content (AvgIpc) is 2.80. The van der Waals surface area contributed by atoms with E-state index in [1.54, 1.807) is 6.20 Å². The minimum absolute atomic E-state index is 0.0602. The highest BCUT2D eigenvalue weighted by atomic mass is 32.1. The van der Waals surface area contributed by atoms with Gasteiger partial charge in [-0.1, -0.05) is 31.3 Å². The predicted molar refractivity (Wildman–Crippen MR) is 67.8 cm³/mol. The molecule has 17 heavy (non-hydrogen) atoms. The number of aliphatic hydroxyl groups excluding tert-OH is 1. The van der Waals surface area contributed by atoms with Crippen LogP contribution >= 0.6 is 11.3 Å². The van der Waals surface area contributed by atoms with E-state index < -0.39 is 0 Å². The average molecular weight is 249 g/mol. The summed E-state index contributed by atoms with van der Waals surface area (Å²) in [6.07, 6.45) is 1.74. The van der Waals surface area contributed by atoms with E-state index >= 15 is 0 Å². The van der Waals surface area contributed by atoms with E-state index in [1.165, 1.54) is 11.3 Å². The SMILES string of the molecule is CC(C)C(CO)c1nnc(-c2ccccn2)s1. The second-order valence-corrected chi connectivity index (χ2v) is 5.20. The highest BCUT2D eigenvalue weighted by Gasteiger charge is 2.20. The van der Waals surface area contributed by atoms with Crippen molar-refractivity contribution in [2.45, 2.75) is 19.8 Å². The van der Waals surface area contributed by atoms with Crippen molar-refractivity contribution >= 4 is 11.3 Å². The van der Waals surface area contributed by atoms with E-state index in [0.717, 1.165) is 15.7 Å². The summed E-state index contributed by atoms with van der Waals surface area (Å²) in [7, 11) is 0. The third kappa shape index (κ3) is 2.68. The zero-order valence-electron chi connectivity index (χ0n) is 9.87. The molecule has 0 radical (unpaired) electrons. The maximum absolute atomic E-state index is 9.35. The normalized spacial score (nSPS) is 12.9. The molecule has 0 fully saturated rings. The van der Waals surface area contributed by atoms with Gasteiger partial charge in [0, 0.05) is 12.1 Å². The number of hydrogen-bond donors (Lipinski definition) is 1. The van der Waals surface area contributed by atoms with E-state index in [1.807, 2.05) is 18.2 Å². The first-order valence-corrected chi connectivity index (χ1v) is 6.39. The van der Waals surface area contributed by atoms with Crippen molar-refractivity contribution in [3.8, 4) is 10.7 Å².